The van der Waals surface area contributed by atoms with E-state index in [1.165, 1.54) is 19.3 Å². The van der Waals surface area contributed by atoms with Gasteiger partial charge < -0.3 is 20.1 Å². The van der Waals surface area contributed by atoms with Crippen molar-refractivity contribution >= 4 is 11.8 Å². The number of nitrogens with one attached hydrogen (secondary N) is 2. The first-order valence-electron chi connectivity index (χ1n) is 11.9. The minimum Gasteiger partial charge on any atom is -0.493 e. The molecule has 0 spiro atoms. The third kappa shape index (κ3) is 11.1. The van der Waals surface area contributed by atoms with Crippen LogP contribution in [0, 0.1) is 0 Å². The van der Waals surface area contributed by atoms with Crippen molar-refractivity contribution < 1.29 is 19.1 Å². The molecule has 2 amide bonds. The molecule has 0 bridgehead atoms. The van der Waals surface area contributed by atoms with Crippen molar-refractivity contribution in [3.05, 3.63) is 23.8 Å². The molecule has 176 valence electrons. The maximum atomic E-state index is 12.4. The van der Waals surface area contributed by atoms with Crippen molar-refractivity contribution in [2.24, 2.45) is 0 Å². The number of carbonyl (C=O) groups is 2. The van der Waals surface area contributed by atoms with Crippen LogP contribution in [0.25, 0.3) is 0 Å². The number of benzene rings is 1. The number of ether oxygens (including phenoxy) is 2. The Morgan fingerprint density at radius 1 is 0.806 bits per heavy atom. The number of methoxy groups -OCH3 is 1. The Kier molecular flexibility index (Phi) is 14.2. The lowest BCUT2D eigenvalue weighted by atomic mass is 10.1. The quantitative estimate of drug-likeness (QED) is 0.245. The van der Waals surface area contributed by atoms with E-state index in [-0.39, 0.29) is 11.8 Å². The predicted octanol–water partition coefficient (Wildman–Crippen LogP) is 5.66. The van der Waals surface area contributed by atoms with Crippen LogP contribution in [0.2, 0.25) is 0 Å². The molecule has 0 saturated carbocycles. The lowest BCUT2D eigenvalue weighted by molar-refractivity contribution is -0.124. The van der Waals surface area contributed by atoms with Crippen LogP contribution >= 0.6 is 0 Å². The standard InChI is InChI=1S/C25H42N2O4/c1-5-8-11-12-13-18-31-22-19-20(16-17-21(22)30-4)25(26-23(28)14-9-6-2)27-24(29)15-10-7-3/h16-17,19,25H,5-15,18H2,1-4H3,(H,26,28)(H,27,29). The fraction of sp³-hybridized carbons (Fsp3) is 0.680. The first-order valence-corrected chi connectivity index (χ1v) is 11.9. The summed E-state index contributed by atoms with van der Waals surface area (Å²) >= 11 is 0. The van der Waals surface area contributed by atoms with E-state index in [9.17, 15) is 9.59 Å². The lowest BCUT2D eigenvalue weighted by Gasteiger charge is -2.22. The Morgan fingerprint density at radius 3 is 1.94 bits per heavy atom. The van der Waals surface area contributed by atoms with Gasteiger partial charge in [-0.05, 0) is 37.0 Å². The lowest BCUT2D eigenvalue weighted by Crippen LogP contribution is -2.41. The highest BCUT2D eigenvalue weighted by Crippen LogP contribution is 2.30. The summed E-state index contributed by atoms with van der Waals surface area (Å²) in [6.45, 7) is 6.91. The van der Waals surface area contributed by atoms with Crippen molar-refractivity contribution in [1.82, 2.24) is 10.6 Å². The molecule has 1 rings (SSSR count). The van der Waals surface area contributed by atoms with E-state index in [1.54, 1.807) is 7.11 Å². The molecule has 31 heavy (non-hydrogen) atoms. The molecule has 0 aromatic heterocycles. The number of rotatable bonds is 17. The summed E-state index contributed by atoms with van der Waals surface area (Å²) in [5, 5.41) is 5.93. The molecule has 0 fully saturated rings. The minimum atomic E-state index is -0.591. The molecule has 0 unspecified atom stereocenters. The third-order valence-corrected chi connectivity index (χ3v) is 5.15. The molecule has 1 aromatic carbocycles. The van der Waals surface area contributed by atoms with E-state index < -0.39 is 6.17 Å². The van der Waals surface area contributed by atoms with E-state index in [0.29, 0.717) is 30.9 Å². The second-order valence-electron chi connectivity index (χ2n) is 7.95. The fourth-order valence-electron chi connectivity index (χ4n) is 3.22. The summed E-state index contributed by atoms with van der Waals surface area (Å²) < 4.78 is 11.4. The molecule has 6 nitrogen and oxygen atoms in total. The Hall–Kier alpha value is -2.24. The Morgan fingerprint density at radius 2 is 1.39 bits per heavy atom. The largest absolute Gasteiger partial charge is 0.493 e. The van der Waals surface area contributed by atoms with Gasteiger partial charge in [-0.25, -0.2) is 0 Å². The van der Waals surface area contributed by atoms with Crippen LogP contribution < -0.4 is 20.1 Å². The van der Waals surface area contributed by atoms with Crippen molar-refractivity contribution in [3.8, 4) is 11.5 Å². The first kappa shape index (κ1) is 26.8. The zero-order chi connectivity index (χ0) is 22.9. The van der Waals surface area contributed by atoms with Crippen LogP contribution in [0.3, 0.4) is 0 Å². The molecule has 0 atom stereocenters. The second kappa shape index (κ2) is 16.5. The predicted molar refractivity (Wildman–Crippen MR) is 125 cm³/mol. The zero-order valence-corrected chi connectivity index (χ0v) is 19.9. The Labute approximate surface area is 188 Å². The number of hydrogen-bond donors (Lipinski definition) is 2. The molecular weight excluding hydrogens is 392 g/mol. The number of hydrogen-bond acceptors (Lipinski definition) is 4. The van der Waals surface area contributed by atoms with Gasteiger partial charge in [-0.2, -0.15) is 0 Å². The number of unbranched alkanes of at least 4 members (excludes halogenated alkanes) is 6. The monoisotopic (exact) mass is 434 g/mol. The van der Waals surface area contributed by atoms with Gasteiger partial charge in [-0.15, -0.1) is 0 Å². The summed E-state index contributed by atoms with van der Waals surface area (Å²) in [6, 6.07) is 5.54. The molecule has 2 N–H and O–H groups in total. The van der Waals surface area contributed by atoms with Crippen molar-refractivity contribution in [2.45, 2.75) is 97.6 Å². The van der Waals surface area contributed by atoms with Gasteiger partial charge in [-0.3, -0.25) is 9.59 Å². The molecule has 0 radical (unpaired) electrons. The summed E-state index contributed by atoms with van der Waals surface area (Å²) in [6.07, 6.45) is 9.61. The van der Waals surface area contributed by atoms with Crippen molar-refractivity contribution in [3.63, 3.8) is 0 Å². The van der Waals surface area contributed by atoms with E-state index in [1.807, 2.05) is 32.0 Å². The summed E-state index contributed by atoms with van der Waals surface area (Å²) in [5.41, 5.74) is 0.775. The third-order valence-electron chi connectivity index (χ3n) is 5.15. The molecule has 6 heteroatoms. The number of amides is 2. The Bertz CT molecular complexity index is 626. The normalized spacial score (nSPS) is 10.7. The smallest absolute Gasteiger partial charge is 0.221 e. The molecule has 0 aliphatic rings. The summed E-state index contributed by atoms with van der Waals surface area (Å²) in [5.74, 6) is 1.13. The highest BCUT2D eigenvalue weighted by Gasteiger charge is 2.19. The van der Waals surface area contributed by atoms with Gasteiger partial charge in [0.15, 0.2) is 11.5 Å². The topological polar surface area (TPSA) is 76.7 Å². The number of carbonyl (C=O) groups excluding carboxylic acids is 2. The first-order chi connectivity index (χ1) is 15.0. The second-order valence-corrected chi connectivity index (χ2v) is 7.95. The van der Waals surface area contributed by atoms with Gasteiger partial charge in [0.25, 0.3) is 0 Å². The van der Waals surface area contributed by atoms with Gasteiger partial charge in [0.1, 0.15) is 6.17 Å². The fourth-order valence-corrected chi connectivity index (χ4v) is 3.22. The van der Waals surface area contributed by atoms with Crippen LogP contribution in [0.5, 0.6) is 11.5 Å². The summed E-state index contributed by atoms with van der Waals surface area (Å²) in [4.78, 5) is 24.7. The maximum Gasteiger partial charge on any atom is 0.221 e. The van der Waals surface area contributed by atoms with E-state index >= 15 is 0 Å². The highest BCUT2D eigenvalue weighted by atomic mass is 16.5. The van der Waals surface area contributed by atoms with Crippen LogP contribution in [-0.4, -0.2) is 25.5 Å². The van der Waals surface area contributed by atoms with E-state index in [0.717, 1.165) is 44.1 Å². The van der Waals surface area contributed by atoms with E-state index in [4.69, 9.17) is 9.47 Å². The summed E-state index contributed by atoms with van der Waals surface area (Å²) in [7, 11) is 1.61. The molecular formula is C25H42N2O4. The molecule has 0 saturated heterocycles. The van der Waals surface area contributed by atoms with Crippen LogP contribution in [0.15, 0.2) is 18.2 Å². The van der Waals surface area contributed by atoms with Crippen LogP contribution in [-0.2, 0) is 9.59 Å². The highest BCUT2D eigenvalue weighted by molar-refractivity contribution is 5.79. The average Bonchev–Trinajstić information content (AvgIpc) is 2.78. The maximum absolute atomic E-state index is 12.4. The molecule has 0 aliphatic heterocycles. The van der Waals surface area contributed by atoms with Crippen LogP contribution in [0.4, 0.5) is 0 Å². The van der Waals surface area contributed by atoms with Gasteiger partial charge in [0.05, 0.1) is 13.7 Å². The van der Waals surface area contributed by atoms with Crippen molar-refractivity contribution in [1.29, 1.82) is 0 Å². The Balaban J connectivity index is 2.90. The average molecular weight is 435 g/mol. The van der Waals surface area contributed by atoms with Gasteiger partial charge in [0, 0.05) is 12.8 Å². The van der Waals surface area contributed by atoms with E-state index in [2.05, 4.69) is 17.6 Å². The van der Waals surface area contributed by atoms with Gasteiger partial charge in [-0.1, -0.05) is 65.4 Å². The SMILES string of the molecule is CCCCCCCOc1cc(C(NC(=O)CCCC)NC(=O)CCCC)ccc1OC. The van der Waals surface area contributed by atoms with Gasteiger partial charge in [0.2, 0.25) is 11.8 Å². The molecule has 0 heterocycles. The van der Waals surface area contributed by atoms with Crippen molar-refractivity contribution in [2.75, 3.05) is 13.7 Å². The zero-order valence-electron chi connectivity index (χ0n) is 19.9. The van der Waals surface area contributed by atoms with Gasteiger partial charge >= 0.3 is 0 Å². The minimum absolute atomic E-state index is 0.0724. The molecule has 1 aromatic rings. The van der Waals surface area contributed by atoms with Crippen LogP contribution in [0.1, 0.15) is 103 Å². The molecule has 0 aliphatic carbocycles.